The van der Waals surface area contributed by atoms with E-state index in [1.807, 2.05) is 0 Å². The van der Waals surface area contributed by atoms with Gasteiger partial charge in [-0.25, -0.2) is 4.39 Å². The summed E-state index contributed by atoms with van der Waals surface area (Å²) in [5, 5.41) is 2.45. The maximum Gasteiger partial charge on any atom is 0.227 e. The number of rotatable bonds is 0. The van der Waals surface area contributed by atoms with Crippen LogP contribution in [0.4, 0.5) is 10.1 Å². The maximum atomic E-state index is 13.1. The predicted octanol–water partition coefficient (Wildman–Crippen LogP) is 1.55. The van der Waals surface area contributed by atoms with E-state index in [0.29, 0.717) is 12.4 Å². The van der Waals surface area contributed by atoms with Crippen LogP contribution in [0.5, 0.6) is 5.75 Å². The fourth-order valence-corrected chi connectivity index (χ4v) is 1.20. The van der Waals surface area contributed by atoms with E-state index < -0.39 is 5.82 Å². The summed E-state index contributed by atoms with van der Waals surface area (Å²) in [7, 11) is 0. The van der Waals surface area contributed by atoms with Crippen LogP contribution in [0, 0.1) is 5.82 Å². The molecule has 0 saturated heterocycles. The molecule has 13 heavy (non-hydrogen) atoms. The van der Waals surface area contributed by atoms with E-state index in [0.717, 1.165) is 0 Å². The number of carbonyl (C=O) groups excluding carboxylic acids is 1. The number of fused-ring (bicyclic) bond motifs is 1. The van der Waals surface area contributed by atoms with Gasteiger partial charge in [-0.15, -0.1) is 0 Å². The molecule has 1 aliphatic heterocycles. The lowest BCUT2D eigenvalue weighted by Crippen LogP contribution is -2.11. The standard InChI is InChI=1S/C9H8FNO2/c10-6-2-1-3-7-9(6)11-8(12)4-5-13-7/h1-3H,4-5H2,(H,11,12). The summed E-state index contributed by atoms with van der Waals surface area (Å²) in [4.78, 5) is 11.0. The number of halogens is 1. The molecule has 0 atom stereocenters. The molecule has 3 nitrogen and oxygen atoms in total. The molecule has 0 aromatic heterocycles. The maximum absolute atomic E-state index is 13.1. The zero-order chi connectivity index (χ0) is 9.26. The Hall–Kier alpha value is -1.58. The molecule has 1 aromatic carbocycles. The van der Waals surface area contributed by atoms with Gasteiger partial charge in [-0.3, -0.25) is 4.79 Å². The molecule has 1 aliphatic rings. The molecular weight excluding hydrogens is 173 g/mol. The number of hydrogen-bond donors (Lipinski definition) is 1. The second-order valence-electron chi connectivity index (χ2n) is 2.76. The second-order valence-corrected chi connectivity index (χ2v) is 2.76. The average molecular weight is 181 g/mol. The lowest BCUT2D eigenvalue weighted by Gasteiger charge is -2.06. The van der Waals surface area contributed by atoms with Gasteiger partial charge in [0, 0.05) is 0 Å². The van der Waals surface area contributed by atoms with Gasteiger partial charge in [0.15, 0.2) is 5.82 Å². The zero-order valence-electron chi connectivity index (χ0n) is 6.84. The molecule has 0 radical (unpaired) electrons. The topological polar surface area (TPSA) is 38.3 Å². The Morgan fingerprint density at radius 1 is 1.46 bits per heavy atom. The van der Waals surface area contributed by atoms with E-state index in [4.69, 9.17) is 4.74 Å². The highest BCUT2D eigenvalue weighted by molar-refractivity contribution is 5.93. The lowest BCUT2D eigenvalue weighted by molar-refractivity contribution is -0.116. The molecule has 0 bridgehead atoms. The number of nitrogens with one attached hydrogen (secondary N) is 1. The molecule has 1 N–H and O–H groups in total. The first kappa shape index (κ1) is 8.04. The smallest absolute Gasteiger partial charge is 0.227 e. The van der Waals surface area contributed by atoms with Crippen molar-refractivity contribution in [3.05, 3.63) is 24.0 Å². The van der Waals surface area contributed by atoms with Crippen LogP contribution in [0.15, 0.2) is 18.2 Å². The first-order chi connectivity index (χ1) is 6.27. The predicted molar refractivity (Wildman–Crippen MR) is 45.1 cm³/mol. The summed E-state index contributed by atoms with van der Waals surface area (Å²) in [6, 6.07) is 4.46. The molecule has 4 heteroatoms. The van der Waals surface area contributed by atoms with Gasteiger partial charge in [0.25, 0.3) is 0 Å². The fourth-order valence-electron chi connectivity index (χ4n) is 1.20. The largest absolute Gasteiger partial charge is 0.491 e. The molecule has 0 spiro atoms. The molecule has 0 saturated carbocycles. The molecule has 0 unspecified atom stereocenters. The Balaban J connectivity index is 2.46. The van der Waals surface area contributed by atoms with Crippen molar-refractivity contribution < 1.29 is 13.9 Å². The van der Waals surface area contributed by atoms with Gasteiger partial charge in [0.05, 0.1) is 13.0 Å². The van der Waals surface area contributed by atoms with Crippen molar-refractivity contribution >= 4 is 11.6 Å². The summed E-state index contributed by atoms with van der Waals surface area (Å²) < 4.78 is 18.3. The quantitative estimate of drug-likeness (QED) is 0.659. The van der Waals surface area contributed by atoms with Crippen LogP contribution < -0.4 is 10.1 Å². The monoisotopic (exact) mass is 181 g/mol. The van der Waals surface area contributed by atoms with Gasteiger partial charge in [-0.2, -0.15) is 0 Å². The minimum Gasteiger partial charge on any atom is -0.491 e. The van der Waals surface area contributed by atoms with E-state index in [9.17, 15) is 9.18 Å². The van der Waals surface area contributed by atoms with Crippen LogP contribution in [-0.4, -0.2) is 12.5 Å². The summed E-state index contributed by atoms with van der Waals surface area (Å²) in [5.41, 5.74) is 0.144. The van der Waals surface area contributed by atoms with Gasteiger partial charge in [-0.1, -0.05) is 6.07 Å². The van der Waals surface area contributed by atoms with E-state index in [1.165, 1.54) is 6.07 Å². The molecule has 68 valence electrons. The second kappa shape index (κ2) is 3.05. The zero-order valence-corrected chi connectivity index (χ0v) is 6.84. The van der Waals surface area contributed by atoms with E-state index in [1.54, 1.807) is 12.1 Å². The third-order valence-electron chi connectivity index (χ3n) is 1.83. The van der Waals surface area contributed by atoms with Gasteiger partial charge in [0.1, 0.15) is 11.4 Å². The number of hydrogen-bond acceptors (Lipinski definition) is 2. The van der Waals surface area contributed by atoms with E-state index in [2.05, 4.69) is 5.32 Å². The van der Waals surface area contributed by atoms with Crippen molar-refractivity contribution in [3.63, 3.8) is 0 Å². The highest BCUT2D eigenvalue weighted by Crippen LogP contribution is 2.29. The molecule has 1 amide bonds. The van der Waals surface area contributed by atoms with Crippen LogP contribution in [0.3, 0.4) is 0 Å². The Bertz CT molecular complexity index is 351. The van der Waals surface area contributed by atoms with Crippen LogP contribution in [-0.2, 0) is 4.79 Å². The summed E-state index contributed by atoms with van der Waals surface area (Å²) in [5.74, 6) is -0.289. The third kappa shape index (κ3) is 1.47. The molecule has 1 heterocycles. The van der Waals surface area contributed by atoms with Crippen LogP contribution in [0.25, 0.3) is 0 Å². The third-order valence-corrected chi connectivity index (χ3v) is 1.83. The minimum absolute atomic E-state index is 0.144. The Morgan fingerprint density at radius 3 is 3.15 bits per heavy atom. The Labute approximate surface area is 74.5 Å². The summed E-state index contributed by atoms with van der Waals surface area (Å²) >= 11 is 0. The van der Waals surface area contributed by atoms with Crippen molar-refractivity contribution in [3.8, 4) is 5.75 Å². The van der Waals surface area contributed by atoms with E-state index in [-0.39, 0.29) is 18.0 Å². The highest BCUT2D eigenvalue weighted by Gasteiger charge is 2.16. The Morgan fingerprint density at radius 2 is 2.31 bits per heavy atom. The lowest BCUT2D eigenvalue weighted by atomic mass is 10.3. The van der Waals surface area contributed by atoms with Gasteiger partial charge in [0.2, 0.25) is 5.91 Å². The number of anilines is 1. The molecule has 0 aliphatic carbocycles. The van der Waals surface area contributed by atoms with E-state index >= 15 is 0 Å². The van der Waals surface area contributed by atoms with Gasteiger partial charge < -0.3 is 10.1 Å². The first-order valence-electron chi connectivity index (χ1n) is 3.98. The fraction of sp³-hybridized carbons (Fsp3) is 0.222. The average Bonchev–Trinajstić information content (AvgIpc) is 2.28. The van der Waals surface area contributed by atoms with Crippen molar-refractivity contribution in [1.82, 2.24) is 0 Å². The molecular formula is C9H8FNO2. The van der Waals surface area contributed by atoms with Crippen LogP contribution in [0.1, 0.15) is 6.42 Å². The van der Waals surface area contributed by atoms with Gasteiger partial charge >= 0.3 is 0 Å². The van der Waals surface area contributed by atoms with Crippen molar-refractivity contribution in [1.29, 1.82) is 0 Å². The minimum atomic E-state index is -0.465. The SMILES string of the molecule is O=C1CCOc2cccc(F)c2N1. The number of amides is 1. The van der Waals surface area contributed by atoms with Gasteiger partial charge in [-0.05, 0) is 12.1 Å². The first-order valence-corrected chi connectivity index (χ1v) is 3.98. The number of para-hydroxylation sites is 1. The highest BCUT2D eigenvalue weighted by atomic mass is 19.1. The number of carbonyl (C=O) groups is 1. The van der Waals surface area contributed by atoms with Crippen molar-refractivity contribution in [2.24, 2.45) is 0 Å². The molecule has 2 rings (SSSR count). The Kier molecular flexibility index (Phi) is 1.88. The number of benzene rings is 1. The van der Waals surface area contributed by atoms with Crippen LogP contribution >= 0.6 is 0 Å². The molecule has 1 aromatic rings. The van der Waals surface area contributed by atoms with Crippen LogP contribution in [0.2, 0.25) is 0 Å². The summed E-state index contributed by atoms with van der Waals surface area (Å²) in [6.45, 7) is 0.294. The summed E-state index contributed by atoms with van der Waals surface area (Å²) in [6.07, 6.45) is 0.258. The normalized spacial score (nSPS) is 15.3. The number of ether oxygens (including phenoxy) is 1. The molecule has 0 fully saturated rings. The van der Waals surface area contributed by atoms with Crippen molar-refractivity contribution in [2.45, 2.75) is 6.42 Å². The van der Waals surface area contributed by atoms with Crippen molar-refractivity contribution in [2.75, 3.05) is 11.9 Å².